The van der Waals surface area contributed by atoms with Crippen molar-refractivity contribution < 1.29 is 14.3 Å². The van der Waals surface area contributed by atoms with E-state index < -0.39 is 0 Å². The molecular weight excluding hydrogens is 468 g/mol. The summed E-state index contributed by atoms with van der Waals surface area (Å²) >= 11 is 1.74. The Labute approximate surface area is 218 Å². The molecule has 3 aromatic rings. The van der Waals surface area contributed by atoms with Crippen molar-refractivity contribution in [3.63, 3.8) is 0 Å². The number of amides is 2. The highest BCUT2D eigenvalue weighted by Crippen LogP contribution is 2.34. The van der Waals surface area contributed by atoms with Crippen LogP contribution in [0.4, 0.5) is 0 Å². The third kappa shape index (κ3) is 6.16. The minimum atomic E-state index is -0.171. The van der Waals surface area contributed by atoms with Gasteiger partial charge in [0.25, 0.3) is 0 Å². The molecule has 0 unspecified atom stereocenters. The molecule has 2 amide bonds. The van der Waals surface area contributed by atoms with E-state index in [2.05, 4.69) is 37.4 Å². The average molecular weight is 505 g/mol. The second-order valence-corrected chi connectivity index (χ2v) is 11.0. The van der Waals surface area contributed by atoms with E-state index in [0.717, 1.165) is 23.3 Å². The van der Waals surface area contributed by atoms with Gasteiger partial charge in [0, 0.05) is 17.5 Å². The lowest BCUT2D eigenvalue weighted by molar-refractivity contribution is -0.143. The molecule has 6 heteroatoms. The first-order valence-corrected chi connectivity index (χ1v) is 13.6. The number of fused-ring (bicyclic) bond motifs is 1. The Balaban J connectivity index is 1.47. The molecule has 2 aromatic carbocycles. The van der Waals surface area contributed by atoms with Gasteiger partial charge >= 0.3 is 0 Å². The van der Waals surface area contributed by atoms with Gasteiger partial charge in [0.2, 0.25) is 11.8 Å². The van der Waals surface area contributed by atoms with Gasteiger partial charge in [-0.25, -0.2) is 0 Å². The van der Waals surface area contributed by atoms with Gasteiger partial charge in [-0.3, -0.25) is 9.59 Å². The summed E-state index contributed by atoms with van der Waals surface area (Å²) in [7, 11) is 0. The Bertz CT molecular complexity index is 1150. The first-order valence-electron chi connectivity index (χ1n) is 12.8. The number of thiophene rings is 1. The summed E-state index contributed by atoms with van der Waals surface area (Å²) < 4.78 is 6.20. The Morgan fingerprint density at radius 1 is 1.03 bits per heavy atom. The standard InChI is InChI=1S/C30H36N2O3S/c1-21(2)24-10-12-25(13-11-24)35-20-27-26-15-17-36-28(26)14-16-31(27)30(34)19-32(22(3)4)29(33)18-23-8-6-5-7-9-23/h5-13,15,17,21-22,27H,14,16,18-20H2,1-4H3/t27-/m0/s1. The van der Waals surface area contributed by atoms with Crippen LogP contribution in [0.5, 0.6) is 5.75 Å². The summed E-state index contributed by atoms with van der Waals surface area (Å²) in [5, 5.41) is 2.09. The number of ether oxygens (including phenoxy) is 1. The quantitative estimate of drug-likeness (QED) is 0.367. The average Bonchev–Trinajstić information content (AvgIpc) is 3.35. The molecule has 1 atom stereocenters. The van der Waals surface area contributed by atoms with Crippen molar-refractivity contribution in [1.82, 2.24) is 9.80 Å². The van der Waals surface area contributed by atoms with Crippen LogP contribution in [-0.4, -0.2) is 47.4 Å². The van der Waals surface area contributed by atoms with Gasteiger partial charge in [-0.1, -0.05) is 56.3 Å². The van der Waals surface area contributed by atoms with Crippen molar-refractivity contribution in [2.75, 3.05) is 19.7 Å². The van der Waals surface area contributed by atoms with Crippen LogP contribution in [0, 0.1) is 0 Å². The molecule has 0 radical (unpaired) electrons. The Kier molecular flexibility index (Phi) is 8.47. The second-order valence-electron chi connectivity index (χ2n) is 9.96. The second kappa shape index (κ2) is 11.7. The highest BCUT2D eigenvalue weighted by atomic mass is 32.1. The van der Waals surface area contributed by atoms with Gasteiger partial charge in [0.05, 0.1) is 12.5 Å². The molecule has 1 aliphatic heterocycles. The van der Waals surface area contributed by atoms with Crippen molar-refractivity contribution in [3.05, 3.63) is 87.6 Å². The summed E-state index contributed by atoms with van der Waals surface area (Å²) in [5.41, 5.74) is 3.38. The maximum Gasteiger partial charge on any atom is 0.242 e. The summed E-state index contributed by atoms with van der Waals surface area (Å²) in [6, 6.07) is 19.8. The summed E-state index contributed by atoms with van der Waals surface area (Å²) in [4.78, 5) is 31.7. The minimum Gasteiger partial charge on any atom is -0.491 e. The van der Waals surface area contributed by atoms with E-state index in [-0.39, 0.29) is 30.4 Å². The fraction of sp³-hybridized carbons (Fsp3) is 0.400. The first-order chi connectivity index (χ1) is 17.3. The van der Waals surface area contributed by atoms with E-state index in [1.54, 1.807) is 16.2 Å². The van der Waals surface area contributed by atoms with Crippen molar-refractivity contribution in [1.29, 1.82) is 0 Å². The number of hydrogen-bond donors (Lipinski definition) is 0. The molecule has 0 saturated heterocycles. The lowest BCUT2D eigenvalue weighted by Crippen LogP contribution is -2.49. The molecule has 1 aliphatic rings. The van der Waals surface area contributed by atoms with Crippen LogP contribution in [0.25, 0.3) is 0 Å². The molecule has 0 aliphatic carbocycles. The maximum atomic E-state index is 13.6. The molecule has 0 N–H and O–H groups in total. The van der Waals surface area contributed by atoms with Crippen molar-refractivity contribution in [2.24, 2.45) is 0 Å². The topological polar surface area (TPSA) is 49.9 Å². The highest BCUT2D eigenvalue weighted by Gasteiger charge is 2.34. The molecule has 0 saturated carbocycles. The Morgan fingerprint density at radius 3 is 2.42 bits per heavy atom. The van der Waals surface area contributed by atoms with Crippen LogP contribution in [0.3, 0.4) is 0 Å². The van der Waals surface area contributed by atoms with Crippen molar-refractivity contribution in [3.8, 4) is 5.75 Å². The van der Waals surface area contributed by atoms with Crippen LogP contribution in [-0.2, 0) is 22.4 Å². The molecule has 190 valence electrons. The zero-order valence-corrected chi connectivity index (χ0v) is 22.5. The van der Waals surface area contributed by atoms with E-state index in [1.165, 1.54) is 10.4 Å². The Morgan fingerprint density at radius 2 is 1.75 bits per heavy atom. The lowest BCUT2D eigenvalue weighted by Gasteiger charge is -2.37. The van der Waals surface area contributed by atoms with Crippen molar-refractivity contribution >= 4 is 23.2 Å². The van der Waals surface area contributed by atoms with E-state index >= 15 is 0 Å². The molecule has 2 heterocycles. The number of carbonyl (C=O) groups excluding carboxylic acids is 2. The molecule has 0 fully saturated rings. The van der Waals surface area contributed by atoms with E-state index in [1.807, 2.05) is 61.2 Å². The normalized spacial score (nSPS) is 15.2. The predicted molar refractivity (Wildman–Crippen MR) is 145 cm³/mol. The minimum absolute atomic E-state index is 0.0316. The molecule has 1 aromatic heterocycles. The van der Waals surface area contributed by atoms with Gasteiger partial charge in [0.1, 0.15) is 18.9 Å². The largest absolute Gasteiger partial charge is 0.491 e. The lowest BCUT2D eigenvalue weighted by atomic mass is 10.00. The van der Waals surface area contributed by atoms with E-state index in [9.17, 15) is 9.59 Å². The third-order valence-corrected chi connectivity index (χ3v) is 7.81. The summed E-state index contributed by atoms with van der Waals surface area (Å²) in [5.74, 6) is 1.20. The molecule has 5 nitrogen and oxygen atoms in total. The fourth-order valence-electron chi connectivity index (χ4n) is 4.67. The molecule has 0 spiro atoms. The summed E-state index contributed by atoms with van der Waals surface area (Å²) in [6.45, 7) is 9.36. The predicted octanol–water partition coefficient (Wildman–Crippen LogP) is 5.86. The van der Waals surface area contributed by atoms with Gasteiger partial charge in [-0.2, -0.15) is 0 Å². The maximum absolute atomic E-state index is 13.6. The number of hydrogen-bond acceptors (Lipinski definition) is 4. The van der Waals surface area contributed by atoms with Crippen LogP contribution < -0.4 is 4.74 Å². The monoisotopic (exact) mass is 504 g/mol. The van der Waals surface area contributed by atoms with Crippen LogP contribution in [0.15, 0.2) is 66.0 Å². The third-order valence-electron chi connectivity index (χ3n) is 6.82. The zero-order chi connectivity index (χ0) is 25.7. The fourth-order valence-corrected chi connectivity index (χ4v) is 5.59. The van der Waals surface area contributed by atoms with Gasteiger partial charge in [-0.05, 0) is 66.5 Å². The van der Waals surface area contributed by atoms with Crippen molar-refractivity contribution in [2.45, 2.75) is 58.5 Å². The van der Waals surface area contributed by atoms with Gasteiger partial charge in [-0.15, -0.1) is 11.3 Å². The smallest absolute Gasteiger partial charge is 0.242 e. The Hall–Kier alpha value is -3.12. The molecule has 0 bridgehead atoms. The summed E-state index contributed by atoms with van der Waals surface area (Å²) in [6.07, 6.45) is 1.12. The molecule has 36 heavy (non-hydrogen) atoms. The highest BCUT2D eigenvalue weighted by molar-refractivity contribution is 7.10. The molecular formula is C30H36N2O3S. The van der Waals surface area contributed by atoms with Crippen LogP contribution >= 0.6 is 11.3 Å². The zero-order valence-electron chi connectivity index (χ0n) is 21.6. The number of rotatable bonds is 9. The van der Waals surface area contributed by atoms with E-state index in [4.69, 9.17) is 4.74 Å². The van der Waals surface area contributed by atoms with E-state index in [0.29, 0.717) is 25.5 Å². The molecule has 4 rings (SSSR count). The van der Waals surface area contributed by atoms with Gasteiger partial charge < -0.3 is 14.5 Å². The number of nitrogens with zero attached hydrogens (tertiary/aromatic N) is 2. The first kappa shape index (κ1) is 26.0. The number of carbonyl (C=O) groups is 2. The van der Waals surface area contributed by atoms with Crippen LogP contribution in [0.1, 0.15) is 61.2 Å². The SMILES string of the molecule is CC(C)c1ccc(OC[C@H]2c3ccsc3CCN2C(=O)CN(C(=O)Cc2ccccc2)C(C)C)cc1. The van der Waals surface area contributed by atoms with Gasteiger partial charge in [0.15, 0.2) is 0 Å². The number of benzene rings is 2. The van der Waals surface area contributed by atoms with Crippen LogP contribution in [0.2, 0.25) is 0 Å².